The Morgan fingerprint density at radius 2 is 0.815 bits per heavy atom. The topological polar surface area (TPSA) is 19.0 Å². The second kappa shape index (κ2) is 17.4. The fourth-order valence-corrected chi connectivity index (χ4v) is 11.5. The predicted octanol–water partition coefficient (Wildman–Crippen LogP) is 5.98. The van der Waals surface area contributed by atoms with Gasteiger partial charge < -0.3 is 0 Å². The van der Waals surface area contributed by atoms with Gasteiger partial charge in [-0.15, -0.1) is 0 Å². The summed E-state index contributed by atoms with van der Waals surface area (Å²) in [6, 6.07) is 0. The molecular formula is C22H51N3OTi. The van der Waals surface area contributed by atoms with Gasteiger partial charge in [-0.1, -0.05) is 0 Å². The molecule has 0 fully saturated rings. The van der Waals surface area contributed by atoms with Gasteiger partial charge in [0.1, 0.15) is 0 Å². The van der Waals surface area contributed by atoms with Gasteiger partial charge >= 0.3 is 177 Å². The van der Waals surface area contributed by atoms with Crippen molar-refractivity contribution < 1.29 is 21.1 Å². The van der Waals surface area contributed by atoms with Crippen molar-refractivity contribution in [3.8, 4) is 0 Å². The summed E-state index contributed by atoms with van der Waals surface area (Å²) < 4.78 is 15.0. The maximum atomic E-state index is 6.97. The molecule has 27 heavy (non-hydrogen) atoms. The van der Waals surface area contributed by atoms with Crippen LogP contribution in [-0.4, -0.2) is 56.0 Å². The first-order valence-corrected chi connectivity index (χ1v) is 14.7. The second-order valence-electron chi connectivity index (χ2n) is 7.41. The normalized spacial score (nSPS) is 12.7. The summed E-state index contributed by atoms with van der Waals surface area (Å²) in [4.78, 5) is 0. The van der Waals surface area contributed by atoms with Crippen molar-refractivity contribution >= 4 is 0 Å². The molecule has 0 aromatic carbocycles. The molecule has 0 saturated carbocycles. The Balaban J connectivity index is 4.92. The van der Waals surface area contributed by atoms with Crippen LogP contribution < -0.4 is 0 Å². The van der Waals surface area contributed by atoms with E-state index in [1.165, 1.54) is 51.4 Å². The van der Waals surface area contributed by atoms with E-state index in [1.54, 1.807) is 0 Å². The zero-order valence-corrected chi connectivity index (χ0v) is 21.4. The molecule has 4 nitrogen and oxygen atoms in total. The Bertz CT molecular complexity index is 287. The molecule has 5 heteroatoms. The maximum absolute atomic E-state index is 6.97. The molecule has 0 heterocycles. The van der Waals surface area contributed by atoms with Crippen LogP contribution in [0.4, 0.5) is 0 Å². The number of unbranched alkanes of at least 4 members (excludes halogenated alkanes) is 7. The molecule has 0 N–H and O–H groups in total. The van der Waals surface area contributed by atoms with Crippen LogP contribution in [0.25, 0.3) is 0 Å². The number of hydrogen-bond donors (Lipinski definition) is 0. The Labute approximate surface area is 176 Å². The summed E-state index contributed by atoms with van der Waals surface area (Å²) in [7, 11) is 0. The zero-order valence-electron chi connectivity index (χ0n) is 19.9. The Morgan fingerprint density at radius 1 is 0.481 bits per heavy atom. The molecule has 0 atom stereocenters. The van der Waals surface area contributed by atoms with Gasteiger partial charge in [-0.2, -0.15) is 0 Å². The van der Waals surface area contributed by atoms with Crippen molar-refractivity contribution in [1.82, 2.24) is 10.1 Å². The van der Waals surface area contributed by atoms with Crippen LogP contribution in [-0.2, 0) is 21.1 Å². The van der Waals surface area contributed by atoms with Crippen LogP contribution in [0.2, 0.25) is 0 Å². The van der Waals surface area contributed by atoms with Crippen molar-refractivity contribution in [1.29, 1.82) is 0 Å². The first-order valence-electron chi connectivity index (χ1n) is 12.0. The first kappa shape index (κ1) is 27.6. The Morgan fingerprint density at radius 3 is 1.15 bits per heavy atom. The molecule has 0 aromatic heterocycles. The van der Waals surface area contributed by atoms with Gasteiger partial charge in [-0.3, -0.25) is 0 Å². The molecule has 0 amide bonds. The molecule has 0 rings (SSSR count). The van der Waals surface area contributed by atoms with E-state index in [2.05, 4.69) is 58.6 Å². The first-order chi connectivity index (χ1) is 13.1. The van der Waals surface area contributed by atoms with Gasteiger partial charge in [0.15, 0.2) is 0 Å². The second-order valence-corrected chi connectivity index (χ2v) is 12.6. The third kappa shape index (κ3) is 8.84. The summed E-state index contributed by atoms with van der Waals surface area (Å²) in [5.41, 5.74) is 0. The van der Waals surface area contributed by atoms with Crippen molar-refractivity contribution in [3.05, 3.63) is 0 Å². The molecule has 0 unspecified atom stereocenters. The quantitative estimate of drug-likeness (QED) is 0.189. The van der Waals surface area contributed by atoms with E-state index in [9.17, 15) is 0 Å². The van der Waals surface area contributed by atoms with Gasteiger partial charge in [0.25, 0.3) is 0 Å². The van der Waals surface area contributed by atoms with E-state index in [0.29, 0.717) is 0 Å². The van der Waals surface area contributed by atoms with Crippen molar-refractivity contribution in [2.24, 2.45) is 0 Å². The van der Waals surface area contributed by atoms with E-state index in [1.807, 2.05) is 0 Å². The molecule has 0 radical (unpaired) electrons. The van der Waals surface area contributed by atoms with Crippen molar-refractivity contribution in [2.45, 2.75) is 99.8 Å². The van der Waals surface area contributed by atoms with Crippen LogP contribution in [0.3, 0.4) is 0 Å². The minimum atomic E-state index is -2.92. The number of hydrogen-bond acceptors (Lipinski definition) is 4. The molecule has 0 aromatic rings. The molecular weight excluding hydrogens is 370 g/mol. The van der Waals surface area contributed by atoms with Crippen molar-refractivity contribution in [2.75, 3.05) is 45.9 Å². The summed E-state index contributed by atoms with van der Waals surface area (Å²) in [5, 5.41) is 0. The fraction of sp³-hybridized carbons (Fsp3) is 1.00. The van der Waals surface area contributed by atoms with Gasteiger partial charge in [0.2, 0.25) is 0 Å². The standard InChI is InChI=1S/C10H21O.3C4H10N.Ti/c1-2-3-4-5-6-7-8-9-10-11;3*1-3-5-4-2;/h2-10H2,1H3;3*3-4H2,1-2H3;/q4*-1;+4. The summed E-state index contributed by atoms with van der Waals surface area (Å²) in [5.74, 6) is 0. The fourth-order valence-electron chi connectivity index (χ4n) is 4.23. The van der Waals surface area contributed by atoms with Gasteiger partial charge in [-0.25, -0.2) is 0 Å². The van der Waals surface area contributed by atoms with Crippen LogP contribution in [0.5, 0.6) is 0 Å². The average Bonchev–Trinajstić information content (AvgIpc) is 2.69. The molecule has 0 aliphatic carbocycles. The van der Waals surface area contributed by atoms with E-state index in [0.717, 1.165) is 45.9 Å². The summed E-state index contributed by atoms with van der Waals surface area (Å²) in [6.45, 7) is 23.5. The van der Waals surface area contributed by atoms with E-state index < -0.39 is 17.7 Å². The SMILES string of the molecule is CCCCCCCCCC[O][Ti]([N](CC)CC)([N](CC)CC)[N](CC)CC. The third-order valence-electron chi connectivity index (χ3n) is 5.82. The third-order valence-corrected chi connectivity index (χ3v) is 13.6. The molecule has 0 spiro atoms. The minimum absolute atomic E-state index is 0.929. The van der Waals surface area contributed by atoms with Gasteiger partial charge in [0, 0.05) is 0 Å². The van der Waals surface area contributed by atoms with E-state index in [-0.39, 0.29) is 0 Å². The van der Waals surface area contributed by atoms with Crippen LogP contribution in [0.1, 0.15) is 99.8 Å². The molecule has 0 bridgehead atoms. The molecule has 0 aliphatic heterocycles. The van der Waals surface area contributed by atoms with Crippen molar-refractivity contribution in [3.63, 3.8) is 0 Å². The Hall–Kier alpha value is 0.554. The number of nitrogens with zero attached hydrogens (tertiary/aromatic N) is 3. The molecule has 164 valence electrons. The molecule has 0 aliphatic rings. The van der Waals surface area contributed by atoms with Crippen LogP contribution in [0.15, 0.2) is 0 Å². The Kier molecular flexibility index (Phi) is 17.8. The van der Waals surface area contributed by atoms with E-state index in [4.69, 9.17) is 3.32 Å². The summed E-state index contributed by atoms with van der Waals surface area (Å²) in [6.07, 6.45) is 10.9. The van der Waals surface area contributed by atoms with Crippen LogP contribution in [0, 0.1) is 0 Å². The van der Waals surface area contributed by atoms with E-state index >= 15 is 0 Å². The van der Waals surface area contributed by atoms with Gasteiger partial charge in [0.05, 0.1) is 0 Å². The number of rotatable bonds is 19. The molecule has 0 saturated heterocycles. The monoisotopic (exact) mass is 421 g/mol. The summed E-state index contributed by atoms with van der Waals surface area (Å²) >= 11 is -2.92. The van der Waals surface area contributed by atoms with Gasteiger partial charge in [-0.05, 0) is 0 Å². The van der Waals surface area contributed by atoms with Crippen LogP contribution >= 0.6 is 0 Å². The predicted molar refractivity (Wildman–Crippen MR) is 117 cm³/mol. The zero-order chi connectivity index (χ0) is 20.5. The average molecular weight is 422 g/mol.